The summed E-state index contributed by atoms with van der Waals surface area (Å²) in [7, 11) is 0. The number of carbonyl (C=O) groups is 2. The van der Waals surface area contributed by atoms with Gasteiger partial charge in [-0.1, -0.05) is 0 Å². The number of allylic oxidation sites excluding steroid dienone is 1. The van der Waals surface area contributed by atoms with Crippen molar-refractivity contribution in [2.75, 3.05) is 0 Å². The summed E-state index contributed by atoms with van der Waals surface area (Å²) in [5.41, 5.74) is 2.81. The van der Waals surface area contributed by atoms with Crippen LogP contribution >= 0.6 is 0 Å². The molecule has 0 amide bonds. The van der Waals surface area contributed by atoms with Gasteiger partial charge in [0.15, 0.2) is 17.3 Å². The fraction of sp³-hybridized carbons (Fsp3) is 0. The highest BCUT2D eigenvalue weighted by molar-refractivity contribution is 6.52. The molecule has 0 heterocycles. The lowest BCUT2D eigenvalue weighted by Gasteiger charge is -2.18. The Morgan fingerprint density at radius 3 is 1.61 bits per heavy atom. The van der Waals surface area contributed by atoms with E-state index in [1.165, 1.54) is 0 Å². The SMILES string of the molecule is NC1=C(O)c2c(O)c(O)c(O)c(O)c2C(=O)C1=O. The van der Waals surface area contributed by atoms with Gasteiger partial charge in [0.2, 0.25) is 17.3 Å². The van der Waals surface area contributed by atoms with Crippen LogP contribution in [0.2, 0.25) is 0 Å². The average Bonchev–Trinajstić information content (AvgIpc) is 2.35. The Morgan fingerprint density at radius 1 is 0.667 bits per heavy atom. The summed E-state index contributed by atoms with van der Waals surface area (Å²) in [4.78, 5) is 22.9. The fourth-order valence-electron chi connectivity index (χ4n) is 1.63. The van der Waals surface area contributed by atoms with Crippen molar-refractivity contribution >= 4 is 17.3 Å². The zero-order valence-electron chi connectivity index (χ0n) is 8.63. The minimum atomic E-state index is -1.32. The van der Waals surface area contributed by atoms with Crippen molar-refractivity contribution in [2.45, 2.75) is 0 Å². The molecule has 94 valence electrons. The lowest BCUT2D eigenvalue weighted by Crippen LogP contribution is -2.28. The van der Waals surface area contributed by atoms with Crippen molar-refractivity contribution in [1.29, 1.82) is 0 Å². The summed E-state index contributed by atoms with van der Waals surface area (Å²) in [6.45, 7) is 0. The van der Waals surface area contributed by atoms with E-state index in [0.29, 0.717) is 0 Å². The number of Topliss-reactive ketones (excluding diaryl/α,β-unsaturated/α-hetero) is 2. The van der Waals surface area contributed by atoms with E-state index in [1.54, 1.807) is 0 Å². The van der Waals surface area contributed by atoms with Crippen molar-refractivity contribution in [1.82, 2.24) is 0 Å². The molecule has 7 N–H and O–H groups in total. The monoisotopic (exact) mass is 253 g/mol. The Hall–Kier alpha value is -2.90. The third-order valence-corrected chi connectivity index (χ3v) is 2.57. The Morgan fingerprint density at radius 2 is 1.11 bits per heavy atom. The van der Waals surface area contributed by atoms with Crippen molar-refractivity contribution in [3.63, 3.8) is 0 Å². The van der Waals surface area contributed by atoms with Crippen LogP contribution in [-0.2, 0) is 4.79 Å². The topological polar surface area (TPSA) is 161 Å². The van der Waals surface area contributed by atoms with Crippen molar-refractivity contribution in [2.24, 2.45) is 5.73 Å². The van der Waals surface area contributed by atoms with Gasteiger partial charge >= 0.3 is 0 Å². The number of hydrogen-bond donors (Lipinski definition) is 6. The molecule has 0 saturated carbocycles. The van der Waals surface area contributed by atoms with Gasteiger partial charge in [0.1, 0.15) is 5.70 Å². The van der Waals surface area contributed by atoms with E-state index in [1.807, 2.05) is 0 Å². The van der Waals surface area contributed by atoms with Gasteiger partial charge in [-0.2, -0.15) is 0 Å². The minimum Gasteiger partial charge on any atom is -0.505 e. The van der Waals surface area contributed by atoms with Crippen LogP contribution in [0.5, 0.6) is 23.0 Å². The van der Waals surface area contributed by atoms with Crippen molar-refractivity contribution in [3.05, 3.63) is 16.8 Å². The molecule has 0 saturated heterocycles. The molecule has 0 aromatic heterocycles. The van der Waals surface area contributed by atoms with Crippen LogP contribution in [0.3, 0.4) is 0 Å². The first-order valence-electron chi connectivity index (χ1n) is 4.56. The molecule has 0 unspecified atom stereocenters. The molecule has 1 aromatic carbocycles. The number of aromatic hydroxyl groups is 4. The van der Waals surface area contributed by atoms with Crippen LogP contribution in [0.25, 0.3) is 5.76 Å². The zero-order chi connectivity index (χ0) is 13.8. The van der Waals surface area contributed by atoms with Crippen LogP contribution < -0.4 is 5.73 Å². The van der Waals surface area contributed by atoms with E-state index in [0.717, 1.165) is 0 Å². The van der Waals surface area contributed by atoms with Crippen molar-refractivity contribution < 1.29 is 35.1 Å². The predicted octanol–water partition coefficient (Wildman–Crippen LogP) is -0.540. The highest BCUT2D eigenvalue weighted by Gasteiger charge is 2.39. The van der Waals surface area contributed by atoms with Gasteiger partial charge in [-0.05, 0) is 0 Å². The second-order valence-corrected chi connectivity index (χ2v) is 3.56. The maximum atomic E-state index is 11.6. The summed E-state index contributed by atoms with van der Waals surface area (Å²) in [5.74, 6) is -8.09. The number of aliphatic hydroxyl groups excluding tert-OH is 1. The van der Waals surface area contributed by atoms with E-state index in [2.05, 4.69) is 0 Å². The molecule has 2 rings (SSSR count). The van der Waals surface area contributed by atoms with Crippen LogP contribution in [0.15, 0.2) is 5.70 Å². The molecular weight excluding hydrogens is 246 g/mol. The molecule has 1 aliphatic rings. The largest absolute Gasteiger partial charge is 0.505 e. The number of fused-ring (bicyclic) bond motifs is 1. The fourth-order valence-corrected chi connectivity index (χ4v) is 1.63. The molecule has 0 spiro atoms. The van der Waals surface area contributed by atoms with Gasteiger partial charge in [0.25, 0.3) is 5.78 Å². The Kier molecular flexibility index (Phi) is 2.12. The number of hydrogen-bond acceptors (Lipinski definition) is 8. The van der Waals surface area contributed by atoms with Crippen LogP contribution in [0.1, 0.15) is 15.9 Å². The number of phenols is 4. The van der Waals surface area contributed by atoms with Crippen LogP contribution in [0, 0.1) is 0 Å². The van der Waals surface area contributed by atoms with E-state index < -0.39 is 57.1 Å². The Balaban J connectivity index is 3.01. The molecule has 1 aliphatic carbocycles. The lowest BCUT2D eigenvalue weighted by molar-refractivity contribution is -0.112. The van der Waals surface area contributed by atoms with Gasteiger partial charge in [-0.25, -0.2) is 0 Å². The summed E-state index contributed by atoms with van der Waals surface area (Å²) in [6.07, 6.45) is 0. The summed E-state index contributed by atoms with van der Waals surface area (Å²) >= 11 is 0. The normalized spacial score (nSPS) is 14.9. The average molecular weight is 253 g/mol. The second-order valence-electron chi connectivity index (χ2n) is 3.56. The molecule has 0 bridgehead atoms. The number of ketones is 2. The third-order valence-electron chi connectivity index (χ3n) is 2.57. The van der Waals surface area contributed by atoms with Gasteiger partial charge in [0, 0.05) is 0 Å². The smallest absolute Gasteiger partial charge is 0.253 e. The maximum Gasteiger partial charge on any atom is 0.253 e. The third kappa shape index (κ3) is 1.14. The predicted molar refractivity (Wildman–Crippen MR) is 56.2 cm³/mol. The first-order valence-corrected chi connectivity index (χ1v) is 4.56. The van der Waals surface area contributed by atoms with E-state index in [4.69, 9.17) is 5.73 Å². The number of phenolic OH excluding ortho intramolecular Hbond substituents is 4. The molecule has 0 fully saturated rings. The Labute approximate surface area is 98.8 Å². The van der Waals surface area contributed by atoms with Gasteiger partial charge in [-0.3, -0.25) is 9.59 Å². The van der Waals surface area contributed by atoms with Gasteiger partial charge < -0.3 is 31.3 Å². The van der Waals surface area contributed by atoms with Gasteiger partial charge in [0.05, 0.1) is 11.1 Å². The molecule has 1 aromatic rings. The molecule has 0 atom stereocenters. The number of carbonyl (C=O) groups excluding carboxylic acids is 2. The zero-order valence-corrected chi connectivity index (χ0v) is 8.63. The molecule has 8 nitrogen and oxygen atoms in total. The molecule has 18 heavy (non-hydrogen) atoms. The summed E-state index contributed by atoms with van der Waals surface area (Å²) < 4.78 is 0. The highest BCUT2D eigenvalue weighted by Crippen LogP contribution is 2.50. The maximum absolute atomic E-state index is 11.6. The van der Waals surface area contributed by atoms with Gasteiger partial charge in [-0.15, -0.1) is 0 Å². The summed E-state index contributed by atoms with van der Waals surface area (Å²) in [6, 6.07) is 0. The molecular formula is C10H7NO7. The van der Waals surface area contributed by atoms with E-state index in [9.17, 15) is 35.1 Å². The lowest BCUT2D eigenvalue weighted by atomic mass is 9.89. The van der Waals surface area contributed by atoms with E-state index >= 15 is 0 Å². The van der Waals surface area contributed by atoms with Crippen LogP contribution in [0.4, 0.5) is 0 Å². The number of aliphatic hydroxyl groups is 1. The first kappa shape index (κ1) is 11.6. The molecule has 8 heteroatoms. The minimum absolute atomic E-state index is 0.704. The second kappa shape index (κ2) is 3.29. The number of nitrogens with two attached hydrogens (primary N) is 1. The standard InChI is InChI=1S/C10H7NO7/c11-3-4(12)1-2(5(13)8(3)16)7(15)10(18)9(17)6(1)14/h12,14-15,17-18H,11H2. The quantitative estimate of drug-likeness (QED) is 0.204. The molecule has 0 aliphatic heterocycles. The Bertz CT molecular complexity index is 644. The van der Waals surface area contributed by atoms with E-state index in [-0.39, 0.29) is 0 Å². The number of benzene rings is 1. The first-order chi connectivity index (χ1) is 8.29. The number of rotatable bonds is 0. The van der Waals surface area contributed by atoms with Crippen molar-refractivity contribution in [3.8, 4) is 23.0 Å². The summed E-state index contributed by atoms with van der Waals surface area (Å²) in [5, 5.41) is 47.1. The molecule has 0 radical (unpaired) electrons. The highest BCUT2D eigenvalue weighted by atomic mass is 16.3. The van der Waals surface area contributed by atoms with Crippen LogP contribution in [-0.4, -0.2) is 37.1 Å².